The molecule has 3 fully saturated rings. The summed E-state index contributed by atoms with van der Waals surface area (Å²) in [6.07, 6.45) is -23.5. The van der Waals surface area contributed by atoms with Crippen molar-refractivity contribution in [3.63, 3.8) is 0 Å². The minimum Gasteiger partial charge on any atom is -0.394 e. The molecule has 3 saturated heterocycles. The van der Waals surface area contributed by atoms with Gasteiger partial charge in [0, 0.05) is 6.92 Å². The summed E-state index contributed by atoms with van der Waals surface area (Å²) in [6, 6.07) is -1.44. The van der Waals surface area contributed by atoms with Crippen molar-refractivity contribution in [1.82, 2.24) is 5.32 Å². The third-order valence-electron chi connectivity index (χ3n) is 6.49. The van der Waals surface area contributed by atoms with Crippen molar-refractivity contribution in [3.8, 4) is 0 Å². The van der Waals surface area contributed by atoms with Gasteiger partial charge in [-0.1, -0.05) is 0 Å². The number of nitrogens with one attached hydrogen (secondary N) is 1. The fourth-order valence-corrected chi connectivity index (χ4v) is 4.45. The molecule has 17 nitrogen and oxygen atoms in total. The summed E-state index contributed by atoms with van der Waals surface area (Å²) in [5.74, 6) is -0.661. The lowest BCUT2D eigenvalue weighted by atomic mass is 9.95. The summed E-state index contributed by atoms with van der Waals surface area (Å²) >= 11 is 0. The molecule has 11 N–H and O–H groups in total. The smallest absolute Gasteiger partial charge is 0.217 e. The highest BCUT2D eigenvalue weighted by Gasteiger charge is 2.54. The molecule has 216 valence electrons. The first-order chi connectivity index (χ1) is 17.4. The monoisotopic (exact) mass is 545 g/mol. The van der Waals surface area contributed by atoms with Gasteiger partial charge in [0.1, 0.15) is 73.2 Å². The molecular weight excluding hydrogens is 510 g/mol. The lowest BCUT2D eigenvalue weighted by molar-refractivity contribution is -0.377. The Balaban J connectivity index is 1.90. The predicted molar refractivity (Wildman–Crippen MR) is 113 cm³/mol. The molecule has 3 aliphatic heterocycles. The van der Waals surface area contributed by atoms with Crippen LogP contribution in [0.15, 0.2) is 0 Å². The second kappa shape index (κ2) is 12.8. The topological polar surface area (TPSA) is 278 Å². The van der Waals surface area contributed by atoms with Gasteiger partial charge in [-0.2, -0.15) is 0 Å². The van der Waals surface area contributed by atoms with E-state index >= 15 is 0 Å². The Bertz CT molecular complexity index is 745. The second-order valence-electron chi connectivity index (χ2n) is 9.07. The van der Waals surface area contributed by atoms with Crippen LogP contribution in [-0.4, -0.2) is 169 Å². The van der Waals surface area contributed by atoms with E-state index in [0.717, 1.165) is 6.92 Å². The summed E-state index contributed by atoms with van der Waals surface area (Å²) in [7, 11) is 0. The Morgan fingerprint density at radius 3 is 1.70 bits per heavy atom. The summed E-state index contributed by atoms with van der Waals surface area (Å²) in [5.41, 5.74) is 0. The number of rotatable bonds is 8. The highest BCUT2D eigenvalue weighted by atomic mass is 16.8. The summed E-state index contributed by atoms with van der Waals surface area (Å²) in [4.78, 5) is 11.7. The summed E-state index contributed by atoms with van der Waals surface area (Å²) in [6.45, 7) is -1.26. The van der Waals surface area contributed by atoms with Gasteiger partial charge in [-0.15, -0.1) is 0 Å². The number of aliphatic hydroxyl groups excluding tert-OH is 10. The van der Waals surface area contributed by atoms with Crippen LogP contribution < -0.4 is 5.32 Å². The molecule has 0 radical (unpaired) electrons. The maximum atomic E-state index is 11.7. The SMILES string of the molecule is CC(=O)N[C@H]1[C@H](O[C@@H]2[C@@H](O)[C@@H](O)O[C@H](CO)[C@@H]2O[C@@H]2O[C@H](CO)[C@@H](O)[C@H](O)[C@@H]2O)O[C@H](CO)[C@@H](O)[C@@H]1O. The normalized spacial score (nSPS) is 49.0. The zero-order valence-corrected chi connectivity index (χ0v) is 19.7. The number of hydrogen-bond donors (Lipinski definition) is 11. The molecule has 37 heavy (non-hydrogen) atoms. The number of amides is 1. The molecule has 0 unspecified atom stereocenters. The number of aliphatic hydroxyl groups is 10. The van der Waals surface area contributed by atoms with Gasteiger partial charge in [0.05, 0.1) is 19.8 Å². The second-order valence-corrected chi connectivity index (χ2v) is 9.07. The van der Waals surface area contributed by atoms with Crippen molar-refractivity contribution in [2.24, 2.45) is 0 Å². The molecule has 3 heterocycles. The van der Waals surface area contributed by atoms with E-state index in [0.29, 0.717) is 0 Å². The zero-order valence-electron chi connectivity index (χ0n) is 19.7. The van der Waals surface area contributed by atoms with Gasteiger partial charge in [-0.25, -0.2) is 0 Å². The Morgan fingerprint density at radius 1 is 0.649 bits per heavy atom. The van der Waals surface area contributed by atoms with Crippen molar-refractivity contribution < 1.29 is 79.5 Å². The Labute approximate surface area is 210 Å². The first-order valence-corrected chi connectivity index (χ1v) is 11.6. The first-order valence-electron chi connectivity index (χ1n) is 11.6. The van der Waals surface area contributed by atoms with Gasteiger partial charge in [-0.3, -0.25) is 4.79 Å². The van der Waals surface area contributed by atoms with Crippen molar-refractivity contribution >= 4 is 5.91 Å². The molecule has 0 aliphatic carbocycles. The quantitative estimate of drug-likeness (QED) is 0.135. The molecule has 0 aromatic carbocycles. The van der Waals surface area contributed by atoms with Crippen LogP contribution in [0, 0.1) is 0 Å². The Hall–Kier alpha value is -1.13. The van der Waals surface area contributed by atoms with Gasteiger partial charge < -0.3 is 80.1 Å². The molecule has 0 bridgehead atoms. The third-order valence-corrected chi connectivity index (χ3v) is 6.49. The van der Waals surface area contributed by atoms with Crippen LogP contribution in [0.1, 0.15) is 6.92 Å². The molecule has 0 saturated carbocycles. The van der Waals surface area contributed by atoms with Gasteiger partial charge in [0.15, 0.2) is 18.9 Å². The number of hydrogen-bond acceptors (Lipinski definition) is 16. The van der Waals surface area contributed by atoms with E-state index in [1.165, 1.54) is 0 Å². The van der Waals surface area contributed by atoms with Gasteiger partial charge in [-0.05, 0) is 0 Å². The van der Waals surface area contributed by atoms with Crippen LogP contribution >= 0.6 is 0 Å². The summed E-state index contributed by atoms with van der Waals surface area (Å²) < 4.78 is 27.3. The van der Waals surface area contributed by atoms with E-state index in [-0.39, 0.29) is 0 Å². The number of ether oxygens (including phenoxy) is 5. The minimum absolute atomic E-state index is 0.661. The van der Waals surface area contributed by atoms with Crippen molar-refractivity contribution in [3.05, 3.63) is 0 Å². The molecular formula is C20H35NO16. The van der Waals surface area contributed by atoms with Crippen LogP contribution in [0.5, 0.6) is 0 Å². The van der Waals surface area contributed by atoms with Crippen molar-refractivity contribution in [1.29, 1.82) is 0 Å². The summed E-state index contributed by atoms with van der Waals surface area (Å²) in [5, 5.41) is 103. The minimum atomic E-state index is -1.94. The Kier molecular flexibility index (Phi) is 10.5. The van der Waals surface area contributed by atoms with E-state index in [4.69, 9.17) is 23.7 Å². The highest BCUT2D eigenvalue weighted by Crippen LogP contribution is 2.32. The van der Waals surface area contributed by atoms with Crippen LogP contribution in [0.2, 0.25) is 0 Å². The average molecular weight is 545 g/mol. The van der Waals surface area contributed by atoms with E-state index < -0.39 is 118 Å². The molecule has 0 aromatic heterocycles. The molecule has 1 amide bonds. The molecule has 17 heteroatoms. The fourth-order valence-electron chi connectivity index (χ4n) is 4.45. The van der Waals surface area contributed by atoms with E-state index in [2.05, 4.69) is 5.32 Å². The number of carbonyl (C=O) groups is 1. The average Bonchev–Trinajstić information content (AvgIpc) is 2.87. The van der Waals surface area contributed by atoms with Gasteiger partial charge in [0.2, 0.25) is 5.91 Å². The maximum Gasteiger partial charge on any atom is 0.217 e. The molecule has 3 rings (SSSR count). The lowest BCUT2D eigenvalue weighted by Crippen LogP contribution is -2.68. The highest BCUT2D eigenvalue weighted by molar-refractivity contribution is 5.73. The lowest BCUT2D eigenvalue weighted by Gasteiger charge is -2.49. The van der Waals surface area contributed by atoms with Gasteiger partial charge in [0.25, 0.3) is 0 Å². The van der Waals surface area contributed by atoms with Crippen LogP contribution in [0.4, 0.5) is 0 Å². The standard InChI is InChI=1S/C20H35NO16/c1-5(25)21-9-12(28)10(26)6(2-22)34-19(9)37-17-15(31)18(32)33-8(4-24)16(17)36-20-14(30)13(29)11(27)7(3-23)35-20/h6-20,22-24,26-32H,2-4H2,1H3,(H,21,25)/t6-,7-,8-,9-,10-,11-,12-,13+,14+,15-,16+,17-,18+,19+,20+/m1/s1. The van der Waals surface area contributed by atoms with Crippen LogP contribution in [0.3, 0.4) is 0 Å². The van der Waals surface area contributed by atoms with Crippen LogP contribution in [0.25, 0.3) is 0 Å². The molecule has 0 aromatic rings. The maximum absolute atomic E-state index is 11.7. The van der Waals surface area contributed by atoms with E-state index in [9.17, 15) is 55.9 Å². The van der Waals surface area contributed by atoms with Crippen molar-refractivity contribution in [2.75, 3.05) is 19.8 Å². The number of carbonyl (C=O) groups excluding carboxylic acids is 1. The third kappa shape index (κ3) is 6.38. The van der Waals surface area contributed by atoms with E-state index in [1.54, 1.807) is 0 Å². The zero-order chi connectivity index (χ0) is 27.6. The molecule has 3 aliphatic rings. The van der Waals surface area contributed by atoms with Crippen LogP contribution in [-0.2, 0) is 28.5 Å². The molecule has 15 atom stereocenters. The predicted octanol–water partition coefficient (Wildman–Crippen LogP) is -7.43. The Morgan fingerprint density at radius 2 is 1.16 bits per heavy atom. The first kappa shape index (κ1) is 30.4. The fraction of sp³-hybridized carbons (Fsp3) is 0.950. The molecule has 0 spiro atoms. The van der Waals surface area contributed by atoms with E-state index in [1.807, 2.05) is 0 Å². The van der Waals surface area contributed by atoms with Crippen molar-refractivity contribution in [2.45, 2.75) is 99.0 Å². The van der Waals surface area contributed by atoms with Gasteiger partial charge >= 0.3 is 0 Å². The largest absolute Gasteiger partial charge is 0.394 e.